The van der Waals surface area contributed by atoms with Gasteiger partial charge in [0, 0.05) is 43.1 Å². The molecule has 36 heavy (non-hydrogen) atoms. The van der Waals surface area contributed by atoms with Gasteiger partial charge in [-0.05, 0) is 71.3 Å². The van der Waals surface area contributed by atoms with E-state index in [1.54, 1.807) is 24.3 Å². The number of anilines is 1. The molecule has 4 rings (SSSR count). The second kappa shape index (κ2) is 12.4. The van der Waals surface area contributed by atoms with E-state index in [4.69, 9.17) is 5.26 Å². The topological polar surface area (TPSA) is 30.9 Å². The minimum Gasteiger partial charge on any atom is -1.00 e. The monoisotopic (exact) mass is 593 g/mol. The summed E-state index contributed by atoms with van der Waals surface area (Å²) in [5.74, 6) is -0.566. The first kappa shape index (κ1) is 27.0. The van der Waals surface area contributed by atoms with Crippen molar-refractivity contribution in [3.63, 3.8) is 0 Å². The molecule has 0 aliphatic heterocycles. The largest absolute Gasteiger partial charge is 1.00 e. The third-order valence-corrected chi connectivity index (χ3v) is 6.00. The summed E-state index contributed by atoms with van der Waals surface area (Å²) in [5.41, 5.74) is 6.68. The van der Waals surface area contributed by atoms with Gasteiger partial charge in [-0.2, -0.15) is 9.83 Å². The average molecular weight is 593 g/mol. The van der Waals surface area contributed by atoms with E-state index in [2.05, 4.69) is 21.6 Å². The number of aromatic nitrogens is 1. The normalized spacial score (nSPS) is 10.6. The molecule has 0 saturated heterocycles. The Morgan fingerprint density at radius 2 is 1.39 bits per heavy atom. The summed E-state index contributed by atoms with van der Waals surface area (Å²) < 4.78 is 29.1. The van der Waals surface area contributed by atoms with Crippen molar-refractivity contribution in [2.75, 3.05) is 18.5 Å². The molecule has 0 radical (unpaired) electrons. The van der Waals surface area contributed by atoms with Crippen molar-refractivity contribution in [1.29, 1.82) is 5.26 Å². The standard InChI is InChI=1S/C30H26F2N3.HI/c1-34(19-3-18-33)28-15-4-22(5-16-28)6-17-29-20-25(23-7-11-26(31)12-8-23)21-30(35(29)2)24-9-13-27(32)14-10-24;/h4-17,20-21H,3,19H2,1-2H3;1H/q+1;/p-1. The summed E-state index contributed by atoms with van der Waals surface area (Å²) in [4.78, 5) is 2.05. The van der Waals surface area contributed by atoms with E-state index in [1.807, 2.05) is 56.6 Å². The maximum Gasteiger partial charge on any atom is 0.213 e. The van der Waals surface area contributed by atoms with E-state index >= 15 is 0 Å². The van der Waals surface area contributed by atoms with Gasteiger partial charge in [0.25, 0.3) is 0 Å². The first-order valence-corrected chi connectivity index (χ1v) is 11.4. The van der Waals surface area contributed by atoms with E-state index in [0.717, 1.165) is 39.3 Å². The van der Waals surface area contributed by atoms with E-state index in [0.29, 0.717) is 13.0 Å². The van der Waals surface area contributed by atoms with Gasteiger partial charge in [-0.25, -0.2) is 8.78 Å². The Bertz CT molecular complexity index is 1370. The number of benzene rings is 3. The molecule has 1 heterocycles. The molecule has 4 aromatic rings. The predicted octanol–water partition coefficient (Wildman–Crippen LogP) is 3.65. The lowest BCUT2D eigenvalue weighted by molar-refractivity contribution is -0.662. The molecule has 0 saturated carbocycles. The molecule has 0 amide bonds. The summed E-state index contributed by atoms with van der Waals surface area (Å²) in [5, 5.41) is 8.79. The lowest BCUT2D eigenvalue weighted by Crippen LogP contribution is -3.00. The summed E-state index contributed by atoms with van der Waals surface area (Å²) in [7, 11) is 3.94. The second-order valence-corrected chi connectivity index (χ2v) is 8.38. The highest BCUT2D eigenvalue weighted by atomic mass is 127. The van der Waals surface area contributed by atoms with Gasteiger partial charge in [-0.3, -0.25) is 0 Å². The van der Waals surface area contributed by atoms with Crippen molar-refractivity contribution in [1.82, 2.24) is 0 Å². The van der Waals surface area contributed by atoms with Crippen molar-refractivity contribution in [2.24, 2.45) is 7.05 Å². The molecule has 6 heteroatoms. The predicted molar refractivity (Wildman–Crippen MR) is 137 cm³/mol. The van der Waals surface area contributed by atoms with Crippen molar-refractivity contribution in [2.45, 2.75) is 6.42 Å². The number of pyridine rings is 1. The Balaban J connectivity index is 0.00000361. The van der Waals surface area contributed by atoms with Crippen molar-refractivity contribution in [3.8, 4) is 28.5 Å². The molecule has 0 atom stereocenters. The first-order chi connectivity index (χ1) is 16.9. The molecule has 0 unspecified atom stereocenters. The van der Waals surface area contributed by atoms with Gasteiger partial charge in [-0.15, -0.1) is 0 Å². The van der Waals surface area contributed by atoms with Gasteiger partial charge in [-0.1, -0.05) is 24.3 Å². The summed E-state index contributed by atoms with van der Waals surface area (Å²) >= 11 is 0. The van der Waals surface area contributed by atoms with Gasteiger partial charge < -0.3 is 28.9 Å². The molecule has 0 aliphatic carbocycles. The third-order valence-electron chi connectivity index (χ3n) is 6.00. The summed E-state index contributed by atoms with van der Waals surface area (Å²) in [6.07, 6.45) is 4.56. The van der Waals surface area contributed by atoms with Crippen LogP contribution < -0.4 is 33.4 Å². The second-order valence-electron chi connectivity index (χ2n) is 8.38. The molecule has 3 nitrogen and oxygen atoms in total. The maximum atomic E-state index is 13.5. The summed E-state index contributed by atoms with van der Waals surface area (Å²) in [6, 6.07) is 27.2. The fourth-order valence-corrected chi connectivity index (χ4v) is 3.92. The molecule has 0 fully saturated rings. The Morgan fingerprint density at radius 1 is 0.806 bits per heavy atom. The van der Waals surface area contributed by atoms with Crippen molar-refractivity contribution < 1.29 is 37.3 Å². The van der Waals surface area contributed by atoms with Crippen LogP contribution in [0.15, 0.2) is 84.9 Å². The van der Waals surface area contributed by atoms with E-state index in [1.165, 1.54) is 24.3 Å². The number of halogens is 3. The Labute approximate surface area is 228 Å². The number of hydrogen-bond donors (Lipinski definition) is 0. The highest BCUT2D eigenvalue weighted by molar-refractivity contribution is 5.74. The average Bonchev–Trinajstić information content (AvgIpc) is 2.88. The van der Waals surface area contributed by atoms with Gasteiger partial charge in [0.05, 0.1) is 12.5 Å². The van der Waals surface area contributed by atoms with Gasteiger partial charge >= 0.3 is 0 Å². The lowest BCUT2D eigenvalue weighted by atomic mass is 10.0. The van der Waals surface area contributed by atoms with Crippen molar-refractivity contribution in [3.05, 3.63) is 108 Å². The van der Waals surface area contributed by atoms with Crippen LogP contribution in [-0.2, 0) is 7.05 Å². The zero-order valence-corrected chi connectivity index (χ0v) is 22.3. The van der Waals surface area contributed by atoms with Crippen LogP contribution in [0.1, 0.15) is 17.7 Å². The lowest BCUT2D eigenvalue weighted by Gasteiger charge is -2.17. The minimum atomic E-state index is -0.284. The summed E-state index contributed by atoms with van der Waals surface area (Å²) in [6.45, 7) is 0.684. The van der Waals surface area contributed by atoms with Crippen LogP contribution in [0.4, 0.5) is 14.5 Å². The van der Waals surface area contributed by atoms with Crippen LogP contribution in [0.25, 0.3) is 34.5 Å². The van der Waals surface area contributed by atoms with E-state index in [9.17, 15) is 8.78 Å². The molecular weight excluding hydrogens is 567 g/mol. The van der Waals surface area contributed by atoms with Crippen LogP contribution in [0.2, 0.25) is 0 Å². The molecule has 0 N–H and O–H groups in total. The molecule has 0 spiro atoms. The van der Waals surface area contributed by atoms with Crippen LogP contribution in [0.5, 0.6) is 0 Å². The number of hydrogen-bond acceptors (Lipinski definition) is 2. The van der Waals surface area contributed by atoms with Gasteiger partial charge in [0.15, 0.2) is 0 Å². The highest BCUT2D eigenvalue weighted by Gasteiger charge is 2.17. The van der Waals surface area contributed by atoms with Crippen LogP contribution >= 0.6 is 0 Å². The van der Waals surface area contributed by atoms with Gasteiger partial charge in [0.2, 0.25) is 11.4 Å². The molecule has 0 aliphatic rings. The van der Waals surface area contributed by atoms with Crippen LogP contribution in [-0.4, -0.2) is 13.6 Å². The maximum absolute atomic E-state index is 13.5. The molecule has 182 valence electrons. The van der Waals surface area contributed by atoms with Crippen molar-refractivity contribution >= 4 is 17.8 Å². The number of rotatable bonds is 7. The number of nitriles is 1. The van der Waals surface area contributed by atoms with E-state index in [-0.39, 0.29) is 35.6 Å². The van der Waals surface area contributed by atoms with Gasteiger partial charge in [0.1, 0.15) is 18.7 Å². The Kier molecular flexibility index (Phi) is 9.31. The minimum absolute atomic E-state index is 0. The number of nitrogens with zero attached hydrogens (tertiary/aromatic N) is 3. The fraction of sp³-hybridized carbons (Fsp3) is 0.133. The Morgan fingerprint density at radius 3 is 1.97 bits per heavy atom. The molecule has 1 aromatic heterocycles. The van der Waals surface area contributed by atoms with E-state index < -0.39 is 0 Å². The molecule has 0 bridgehead atoms. The quantitative estimate of drug-likeness (QED) is 0.242. The Hall–Kier alpha value is -3.57. The smallest absolute Gasteiger partial charge is 0.213 e. The zero-order valence-electron chi connectivity index (χ0n) is 20.1. The fourth-order valence-electron chi connectivity index (χ4n) is 3.92. The SMILES string of the molecule is CN(CCC#N)c1ccc(/C=C/c2cc(-c3ccc(F)cc3)cc(-c3ccc(F)cc3)[n+]2C)cc1.[I-]. The third kappa shape index (κ3) is 6.55. The highest BCUT2D eigenvalue weighted by Crippen LogP contribution is 2.26. The van der Waals surface area contributed by atoms with Crippen LogP contribution in [0.3, 0.4) is 0 Å². The molecule has 3 aromatic carbocycles. The first-order valence-electron chi connectivity index (χ1n) is 11.4. The van der Waals surface area contributed by atoms with Crippen LogP contribution in [0, 0.1) is 23.0 Å². The molecular formula is C30H26F2IN3. The zero-order chi connectivity index (χ0) is 24.8.